The highest BCUT2D eigenvalue weighted by Gasteiger charge is 2.22. The molecular formula is C10H15N3. The van der Waals surface area contributed by atoms with Crippen LogP contribution >= 0.6 is 0 Å². The van der Waals surface area contributed by atoms with Crippen LogP contribution in [0.4, 0.5) is 5.69 Å². The maximum atomic E-state index is 5.70. The molecule has 70 valence electrons. The molecule has 2 N–H and O–H groups in total. The summed E-state index contributed by atoms with van der Waals surface area (Å²) in [6.45, 7) is 1.88. The average molecular weight is 177 g/mol. The lowest BCUT2D eigenvalue weighted by atomic mass is 10.2. The Labute approximate surface area is 78.6 Å². The van der Waals surface area contributed by atoms with E-state index < -0.39 is 0 Å². The van der Waals surface area contributed by atoms with Crippen molar-refractivity contribution >= 4 is 5.69 Å². The number of nitrogens with two attached hydrogens (primary N) is 1. The molecule has 1 saturated heterocycles. The minimum Gasteiger partial charge on any atom is -0.367 e. The molecular weight excluding hydrogens is 162 g/mol. The molecule has 1 aliphatic rings. The van der Waals surface area contributed by atoms with E-state index in [0.29, 0.717) is 6.04 Å². The summed E-state index contributed by atoms with van der Waals surface area (Å²) in [5, 5.41) is 0. The largest absolute Gasteiger partial charge is 0.367 e. The molecule has 1 aliphatic heterocycles. The molecule has 0 amide bonds. The molecule has 3 heteroatoms. The number of rotatable bonds is 2. The second-order valence-corrected chi connectivity index (χ2v) is 3.43. The minimum absolute atomic E-state index is 0.530. The van der Waals surface area contributed by atoms with E-state index in [1.807, 2.05) is 24.5 Å². The van der Waals surface area contributed by atoms with Crippen LogP contribution in [-0.4, -0.2) is 24.1 Å². The Morgan fingerprint density at radius 1 is 1.46 bits per heavy atom. The summed E-state index contributed by atoms with van der Waals surface area (Å²) < 4.78 is 0. The Bertz CT molecular complexity index is 260. The van der Waals surface area contributed by atoms with Crippen LogP contribution in [0, 0.1) is 0 Å². The first-order valence-electron chi connectivity index (χ1n) is 4.78. The van der Waals surface area contributed by atoms with Crippen molar-refractivity contribution < 1.29 is 0 Å². The Morgan fingerprint density at radius 3 is 2.92 bits per heavy atom. The second kappa shape index (κ2) is 3.75. The molecule has 2 heterocycles. The maximum Gasteiger partial charge on any atom is 0.0413 e. The summed E-state index contributed by atoms with van der Waals surface area (Å²) in [7, 11) is 0. The summed E-state index contributed by atoms with van der Waals surface area (Å²) in [6.07, 6.45) is 6.14. The van der Waals surface area contributed by atoms with E-state index >= 15 is 0 Å². The van der Waals surface area contributed by atoms with Gasteiger partial charge in [0.15, 0.2) is 0 Å². The van der Waals surface area contributed by atoms with E-state index in [4.69, 9.17) is 5.73 Å². The predicted molar refractivity (Wildman–Crippen MR) is 53.7 cm³/mol. The van der Waals surface area contributed by atoms with Gasteiger partial charge in [0.1, 0.15) is 0 Å². The highest BCUT2D eigenvalue weighted by atomic mass is 15.2. The summed E-state index contributed by atoms with van der Waals surface area (Å²) >= 11 is 0. The van der Waals surface area contributed by atoms with Gasteiger partial charge in [0.2, 0.25) is 0 Å². The van der Waals surface area contributed by atoms with Gasteiger partial charge < -0.3 is 10.6 Å². The van der Waals surface area contributed by atoms with E-state index in [1.165, 1.54) is 18.5 Å². The summed E-state index contributed by atoms with van der Waals surface area (Å²) in [4.78, 5) is 6.39. The SMILES string of the molecule is NC[C@H]1CCCN1c1ccncc1. The fourth-order valence-corrected chi connectivity index (χ4v) is 1.96. The molecule has 1 aromatic rings. The first-order valence-corrected chi connectivity index (χ1v) is 4.78. The molecule has 0 unspecified atom stereocenters. The van der Waals surface area contributed by atoms with Gasteiger partial charge in [-0.05, 0) is 25.0 Å². The van der Waals surface area contributed by atoms with E-state index in [0.717, 1.165) is 13.1 Å². The Morgan fingerprint density at radius 2 is 2.23 bits per heavy atom. The van der Waals surface area contributed by atoms with Gasteiger partial charge in [0.05, 0.1) is 0 Å². The molecule has 0 bridgehead atoms. The fourth-order valence-electron chi connectivity index (χ4n) is 1.96. The lowest BCUT2D eigenvalue weighted by molar-refractivity contribution is 0.677. The Balaban J connectivity index is 2.16. The summed E-state index contributed by atoms with van der Waals surface area (Å²) in [6, 6.07) is 4.63. The average Bonchev–Trinajstić information content (AvgIpc) is 2.67. The quantitative estimate of drug-likeness (QED) is 0.733. The zero-order chi connectivity index (χ0) is 9.10. The van der Waals surface area contributed by atoms with E-state index in [-0.39, 0.29) is 0 Å². The summed E-state index contributed by atoms with van der Waals surface area (Å²) in [5.74, 6) is 0. The van der Waals surface area contributed by atoms with Crippen LogP contribution in [0.5, 0.6) is 0 Å². The normalized spacial score (nSPS) is 22.2. The summed E-state index contributed by atoms with van der Waals surface area (Å²) in [5.41, 5.74) is 6.96. The van der Waals surface area contributed by atoms with Crippen molar-refractivity contribution in [1.82, 2.24) is 4.98 Å². The van der Waals surface area contributed by atoms with Crippen LogP contribution < -0.4 is 10.6 Å². The molecule has 13 heavy (non-hydrogen) atoms. The third-order valence-corrected chi connectivity index (χ3v) is 2.64. The molecule has 2 rings (SSSR count). The second-order valence-electron chi connectivity index (χ2n) is 3.43. The molecule has 0 aromatic carbocycles. The predicted octanol–water partition coefficient (Wildman–Crippen LogP) is 1.01. The Kier molecular flexibility index (Phi) is 2.45. The minimum atomic E-state index is 0.530. The van der Waals surface area contributed by atoms with Crippen molar-refractivity contribution in [3.8, 4) is 0 Å². The van der Waals surface area contributed by atoms with E-state index in [2.05, 4.69) is 9.88 Å². The molecule has 1 fully saturated rings. The third-order valence-electron chi connectivity index (χ3n) is 2.64. The van der Waals surface area contributed by atoms with Gasteiger partial charge in [0, 0.05) is 37.2 Å². The van der Waals surface area contributed by atoms with Crippen LogP contribution in [0.1, 0.15) is 12.8 Å². The van der Waals surface area contributed by atoms with Gasteiger partial charge in [-0.15, -0.1) is 0 Å². The van der Waals surface area contributed by atoms with Crippen LogP contribution in [-0.2, 0) is 0 Å². The molecule has 0 saturated carbocycles. The lowest BCUT2D eigenvalue weighted by Crippen LogP contribution is -2.35. The van der Waals surface area contributed by atoms with Crippen LogP contribution in [0.25, 0.3) is 0 Å². The molecule has 1 aromatic heterocycles. The molecule has 0 radical (unpaired) electrons. The highest BCUT2D eigenvalue weighted by Crippen LogP contribution is 2.23. The van der Waals surface area contributed by atoms with Crippen LogP contribution in [0.3, 0.4) is 0 Å². The van der Waals surface area contributed by atoms with Gasteiger partial charge in [-0.3, -0.25) is 4.98 Å². The number of aromatic nitrogens is 1. The first-order chi connectivity index (χ1) is 6.42. The van der Waals surface area contributed by atoms with Gasteiger partial charge >= 0.3 is 0 Å². The first kappa shape index (κ1) is 8.51. The fraction of sp³-hybridized carbons (Fsp3) is 0.500. The van der Waals surface area contributed by atoms with E-state index in [1.54, 1.807) is 0 Å². The number of nitrogens with zero attached hydrogens (tertiary/aromatic N) is 2. The lowest BCUT2D eigenvalue weighted by Gasteiger charge is -2.25. The topological polar surface area (TPSA) is 42.1 Å². The van der Waals surface area contributed by atoms with Crippen LogP contribution in [0.15, 0.2) is 24.5 Å². The number of pyridine rings is 1. The van der Waals surface area contributed by atoms with Crippen LogP contribution in [0.2, 0.25) is 0 Å². The molecule has 0 spiro atoms. The highest BCUT2D eigenvalue weighted by molar-refractivity contribution is 5.46. The van der Waals surface area contributed by atoms with Crippen molar-refractivity contribution in [3.63, 3.8) is 0 Å². The smallest absolute Gasteiger partial charge is 0.0413 e. The Hall–Kier alpha value is -1.09. The number of anilines is 1. The molecule has 0 aliphatic carbocycles. The monoisotopic (exact) mass is 177 g/mol. The van der Waals surface area contributed by atoms with E-state index in [9.17, 15) is 0 Å². The van der Waals surface area contributed by atoms with Gasteiger partial charge in [0.25, 0.3) is 0 Å². The number of hydrogen-bond acceptors (Lipinski definition) is 3. The third kappa shape index (κ3) is 1.65. The van der Waals surface area contributed by atoms with Gasteiger partial charge in [-0.2, -0.15) is 0 Å². The molecule has 3 nitrogen and oxygen atoms in total. The van der Waals surface area contributed by atoms with Gasteiger partial charge in [-0.1, -0.05) is 0 Å². The van der Waals surface area contributed by atoms with Crippen molar-refractivity contribution in [2.24, 2.45) is 5.73 Å². The zero-order valence-electron chi connectivity index (χ0n) is 7.69. The number of hydrogen-bond donors (Lipinski definition) is 1. The van der Waals surface area contributed by atoms with Crippen molar-refractivity contribution in [3.05, 3.63) is 24.5 Å². The standard InChI is InChI=1S/C10H15N3/c11-8-10-2-1-7-13(10)9-3-5-12-6-4-9/h3-6,10H,1-2,7-8,11H2/t10-/m1/s1. The molecule has 1 atom stereocenters. The van der Waals surface area contributed by atoms with Crippen molar-refractivity contribution in [1.29, 1.82) is 0 Å². The maximum absolute atomic E-state index is 5.70. The zero-order valence-corrected chi connectivity index (χ0v) is 7.69. The van der Waals surface area contributed by atoms with Crippen molar-refractivity contribution in [2.75, 3.05) is 18.0 Å². The van der Waals surface area contributed by atoms with Gasteiger partial charge in [-0.25, -0.2) is 0 Å². The van der Waals surface area contributed by atoms with Crippen molar-refractivity contribution in [2.45, 2.75) is 18.9 Å².